The van der Waals surface area contributed by atoms with E-state index < -0.39 is 5.97 Å². The van der Waals surface area contributed by atoms with Gasteiger partial charge in [-0.2, -0.15) is 5.10 Å². The molecule has 0 unspecified atom stereocenters. The van der Waals surface area contributed by atoms with Crippen molar-refractivity contribution in [3.05, 3.63) is 50.1 Å². The Morgan fingerprint density at radius 3 is 2.86 bits per heavy atom. The molecule has 28 heavy (non-hydrogen) atoms. The molecule has 2 heterocycles. The fourth-order valence-electron chi connectivity index (χ4n) is 2.52. The first-order valence-electron chi connectivity index (χ1n) is 8.54. The van der Waals surface area contributed by atoms with Crippen LogP contribution >= 0.6 is 22.6 Å². The maximum Gasteiger partial charge on any atom is 0.341 e. The van der Waals surface area contributed by atoms with E-state index in [0.717, 1.165) is 3.57 Å². The van der Waals surface area contributed by atoms with Crippen molar-refractivity contribution in [3.8, 4) is 5.95 Å². The standard InChI is InChI=1S/C18H19IN4O5/c1-3-28-17(25)12-9-20-23(10-12)18-21-15-8-13(19)4-5-14(15)16(24)22(18)11-27-7-6-26-2/h4-5,8-10H,3,6-7,11H2,1-2H3. The Hall–Kier alpha value is -2.31. The highest BCUT2D eigenvalue weighted by molar-refractivity contribution is 14.1. The summed E-state index contributed by atoms with van der Waals surface area (Å²) in [5.74, 6) is -0.248. The summed E-state index contributed by atoms with van der Waals surface area (Å²) in [6, 6.07) is 5.39. The number of rotatable bonds is 8. The van der Waals surface area contributed by atoms with E-state index in [0.29, 0.717) is 24.1 Å². The Morgan fingerprint density at radius 2 is 2.11 bits per heavy atom. The lowest BCUT2D eigenvalue weighted by Gasteiger charge is -2.13. The number of carbonyl (C=O) groups is 1. The van der Waals surface area contributed by atoms with E-state index in [-0.39, 0.29) is 30.4 Å². The zero-order valence-corrected chi connectivity index (χ0v) is 17.6. The summed E-state index contributed by atoms with van der Waals surface area (Å²) >= 11 is 2.16. The SMILES string of the molecule is CCOC(=O)c1cnn(-c2nc3cc(I)ccc3c(=O)n2COCCOC)c1. The molecule has 0 fully saturated rings. The van der Waals surface area contributed by atoms with Gasteiger partial charge in [0, 0.05) is 16.9 Å². The van der Waals surface area contributed by atoms with E-state index in [1.54, 1.807) is 20.1 Å². The van der Waals surface area contributed by atoms with Gasteiger partial charge in [-0.25, -0.2) is 14.5 Å². The fraction of sp³-hybridized carbons (Fsp3) is 0.333. The third-order valence-electron chi connectivity index (χ3n) is 3.85. The van der Waals surface area contributed by atoms with Crippen LogP contribution in [0, 0.1) is 3.57 Å². The van der Waals surface area contributed by atoms with Crippen LogP contribution in [0.3, 0.4) is 0 Å². The van der Waals surface area contributed by atoms with Crippen molar-refractivity contribution < 1.29 is 19.0 Å². The molecule has 3 aromatic rings. The van der Waals surface area contributed by atoms with Gasteiger partial charge in [-0.15, -0.1) is 0 Å². The summed E-state index contributed by atoms with van der Waals surface area (Å²) < 4.78 is 19.2. The zero-order chi connectivity index (χ0) is 20.1. The van der Waals surface area contributed by atoms with Crippen molar-refractivity contribution >= 4 is 39.5 Å². The van der Waals surface area contributed by atoms with Crippen LogP contribution in [0.25, 0.3) is 16.9 Å². The molecule has 1 aromatic carbocycles. The van der Waals surface area contributed by atoms with E-state index in [1.165, 1.54) is 21.6 Å². The molecule has 0 aliphatic rings. The minimum Gasteiger partial charge on any atom is -0.462 e. The Balaban J connectivity index is 2.08. The van der Waals surface area contributed by atoms with Crippen molar-refractivity contribution in [1.82, 2.24) is 19.3 Å². The molecule has 0 N–H and O–H groups in total. The highest BCUT2D eigenvalue weighted by Crippen LogP contribution is 2.15. The van der Waals surface area contributed by atoms with Gasteiger partial charge in [-0.1, -0.05) is 0 Å². The molecule has 0 saturated heterocycles. The number of carbonyl (C=O) groups excluding carboxylic acids is 1. The van der Waals surface area contributed by atoms with Gasteiger partial charge in [0.1, 0.15) is 6.73 Å². The average Bonchev–Trinajstić information content (AvgIpc) is 3.16. The number of methoxy groups -OCH3 is 1. The minimum absolute atomic E-state index is 0.0267. The van der Waals surface area contributed by atoms with Crippen molar-refractivity contribution in [3.63, 3.8) is 0 Å². The highest BCUT2D eigenvalue weighted by Gasteiger charge is 2.16. The predicted octanol–water partition coefficient (Wildman–Crippen LogP) is 1.98. The van der Waals surface area contributed by atoms with E-state index in [4.69, 9.17) is 14.2 Å². The number of halogens is 1. The van der Waals surface area contributed by atoms with Gasteiger partial charge in [0.05, 0.1) is 42.5 Å². The number of benzene rings is 1. The van der Waals surface area contributed by atoms with E-state index in [1.807, 2.05) is 12.1 Å². The molecule has 0 aliphatic carbocycles. The number of fused-ring (bicyclic) bond motifs is 1. The Bertz CT molecular complexity index is 1050. The third-order valence-corrected chi connectivity index (χ3v) is 4.52. The van der Waals surface area contributed by atoms with Gasteiger partial charge in [-0.3, -0.25) is 9.36 Å². The summed E-state index contributed by atoms with van der Waals surface area (Å²) in [6.45, 7) is 2.68. The Morgan fingerprint density at radius 1 is 1.29 bits per heavy atom. The predicted molar refractivity (Wildman–Crippen MR) is 110 cm³/mol. The molecular formula is C18H19IN4O5. The minimum atomic E-state index is -0.491. The van der Waals surface area contributed by atoms with Crippen LogP contribution < -0.4 is 5.56 Å². The van der Waals surface area contributed by atoms with Crippen molar-refractivity contribution in [1.29, 1.82) is 0 Å². The number of nitrogens with zero attached hydrogens (tertiary/aromatic N) is 4. The van der Waals surface area contributed by atoms with Crippen LogP contribution in [-0.4, -0.2) is 52.2 Å². The summed E-state index contributed by atoms with van der Waals surface area (Å²) in [6.07, 6.45) is 2.85. The first kappa shape index (κ1) is 20.4. The number of ether oxygens (including phenoxy) is 3. The molecule has 0 saturated carbocycles. The average molecular weight is 498 g/mol. The summed E-state index contributed by atoms with van der Waals surface area (Å²) in [5, 5.41) is 4.65. The van der Waals surface area contributed by atoms with Crippen molar-refractivity contribution in [2.75, 3.05) is 26.9 Å². The normalized spacial score (nSPS) is 11.1. The second-order valence-electron chi connectivity index (χ2n) is 5.73. The zero-order valence-electron chi connectivity index (χ0n) is 15.4. The number of hydrogen-bond donors (Lipinski definition) is 0. The first-order valence-corrected chi connectivity index (χ1v) is 9.62. The topological polar surface area (TPSA) is 97.5 Å². The maximum absolute atomic E-state index is 13.0. The lowest BCUT2D eigenvalue weighted by Crippen LogP contribution is -2.28. The summed E-state index contributed by atoms with van der Waals surface area (Å²) in [7, 11) is 1.57. The second kappa shape index (κ2) is 9.26. The van der Waals surface area contributed by atoms with Gasteiger partial charge >= 0.3 is 5.97 Å². The first-order chi connectivity index (χ1) is 13.5. The van der Waals surface area contributed by atoms with Gasteiger partial charge in [0.25, 0.3) is 5.56 Å². The van der Waals surface area contributed by atoms with Crippen LogP contribution in [0.4, 0.5) is 0 Å². The molecule has 0 spiro atoms. The fourth-order valence-corrected chi connectivity index (χ4v) is 3.00. The van der Waals surface area contributed by atoms with Gasteiger partial charge in [-0.05, 0) is 47.7 Å². The molecule has 3 rings (SSSR count). The molecule has 0 atom stereocenters. The van der Waals surface area contributed by atoms with Crippen LogP contribution in [-0.2, 0) is 20.9 Å². The van der Waals surface area contributed by atoms with Gasteiger partial charge in [0.15, 0.2) is 0 Å². The smallest absolute Gasteiger partial charge is 0.341 e. The van der Waals surface area contributed by atoms with Crippen molar-refractivity contribution in [2.24, 2.45) is 0 Å². The molecular weight excluding hydrogens is 479 g/mol. The Kier molecular flexibility index (Phi) is 6.75. The molecule has 10 heteroatoms. The van der Waals surface area contributed by atoms with E-state index >= 15 is 0 Å². The number of aromatic nitrogens is 4. The Labute approximate surface area is 174 Å². The molecule has 0 radical (unpaired) electrons. The van der Waals surface area contributed by atoms with Crippen LogP contribution in [0.15, 0.2) is 35.4 Å². The molecule has 2 aromatic heterocycles. The molecule has 148 valence electrons. The highest BCUT2D eigenvalue weighted by atomic mass is 127. The van der Waals surface area contributed by atoms with E-state index in [2.05, 4.69) is 32.7 Å². The number of hydrogen-bond acceptors (Lipinski definition) is 7. The van der Waals surface area contributed by atoms with E-state index in [9.17, 15) is 9.59 Å². The van der Waals surface area contributed by atoms with Crippen LogP contribution in [0.5, 0.6) is 0 Å². The third kappa shape index (κ3) is 4.39. The largest absolute Gasteiger partial charge is 0.462 e. The van der Waals surface area contributed by atoms with Gasteiger partial charge in [0.2, 0.25) is 5.95 Å². The second-order valence-corrected chi connectivity index (χ2v) is 6.98. The molecule has 0 amide bonds. The molecule has 9 nitrogen and oxygen atoms in total. The molecule has 0 bridgehead atoms. The summed E-state index contributed by atoms with van der Waals surface area (Å²) in [4.78, 5) is 29.5. The van der Waals surface area contributed by atoms with Crippen LogP contribution in [0.1, 0.15) is 17.3 Å². The lowest BCUT2D eigenvalue weighted by molar-refractivity contribution is 0.0323. The monoisotopic (exact) mass is 498 g/mol. The lowest BCUT2D eigenvalue weighted by atomic mass is 10.2. The van der Waals surface area contributed by atoms with Crippen LogP contribution in [0.2, 0.25) is 0 Å². The molecule has 0 aliphatic heterocycles. The quantitative estimate of drug-likeness (QED) is 0.266. The summed E-state index contributed by atoms with van der Waals surface area (Å²) in [5.41, 5.74) is 0.543. The maximum atomic E-state index is 13.0. The number of esters is 1. The van der Waals surface area contributed by atoms with Gasteiger partial charge < -0.3 is 14.2 Å². The van der Waals surface area contributed by atoms with Crippen molar-refractivity contribution in [2.45, 2.75) is 13.7 Å².